The SMILES string of the molecule is O=C(Nc1ccccc1-c1ccccc1)OC1CCN(CCNC(=O)c2ccc(CNCc3ccc(O)cc3)o2)CC1. The molecule has 9 heteroatoms. The van der Waals surface area contributed by atoms with E-state index in [0.717, 1.165) is 48.3 Å². The molecule has 42 heavy (non-hydrogen) atoms. The minimum Gasteiger partial charge on any atom is -0.508 e. The van der Waals surface area contributed by atoms with E-state index in [9.17, 15) is 14.7 Å². The minimum absolute atomic E-state index is 0.149. The lowest BCUT2D eigenvalue weighted by Crippen LogP contribution is -2.42. The van der Waals surface area contributed by atoms with Crippen LogP contribution in [0.15, 0.2) is 95.4 Å². The highest BCUT2D eigenvalue weighted by atomic mass is 16.6. The summed E-state index contributed by atoms with van der Waals surface area (Å²) in [5.74, 6) is 0.947. The number of carbonyl (C=O) groups excluding carboxylic acids is 2. The summed E-state index contributed by atoms with van der Waals surface area (Å²) in [7, 11) is 0. The average Bonchev–Trinajstić information content (AvgIpc) is 3.49. The van der Waals surface area contributed by atoms with E-state index >= 15 is 0 Å². The maximum absolute atomic E-state index is 12.6. The van der Waals surface area contributed by atoms with Crippen molar-refractivity contribution >= 4 is 17.7 Å². The number of nitrogens with one attached hydrogen (secondary N) is 3. The van der Waals surface area contributed by atoms with Gasteiger partial charge in [-0.1, -0.05) is 60.7 Å². The van der Waals surface area contributed by atoms with Crippen LogP contribution >= 0.6 is 0 Å². The molecule has 2 amide bonds. The third kappa shape index (κ3) is 8.22. The van der Waals surface area contributed by atoms with Crippen molar-refractivity contribution in [1.29, 1.82) is 0 Å². The van der Waals surface area contributed by atoms with Crippen LogP contribution in [0.1, 0.15) is 34.7 Å². The van der Waals surface area contributed by atoms with Crippen LogP contribution in [-0.2, 0) is 17.8 Å². The number of nitrogens with zero attached hydrogens (tertiary/aromatic N) is 1. The Kier molecular flexibility index (Phi) is 9.87. The number of ether oxygens (including phenoxy) is 1. The average molecular weight is 569 g/mol. The molecule has 0 unspecified atom stereocenters. The van der Waals surface area contributed by atoms with E-state index in [2.05, 4.69) is 20.9 Å². The molecule has 1 fully saturated rings. The summed E-state index contributed by atoms with van der Waals surface area (Å²) < 4.78 is 11.4. The first kappa shape index (κ1) is 28.9. The van der Waals surface area contributed by atoms with E-state index in [1.165, 1.54) is 0 Å². The molecule has 5 rings (SSSR count). The van der Waals surface area contributed by atoms with Gasteiger partial charge in [-0.2, -0.15) is 0 Å². The molecule has 4 aromatic rings. The fourth-order valence-corrected chi connectivity index (χ4v) is 4.96. The van der Waals surface area contributed by atoms with Gasteiger partial charge >= 0.3 is 6.09 Å². The highest BCUT2D eigenvalue weighted by molar-refractivity contribution is 5.92. The number of phenolic OH excluding ortho intramolecular Hbond substituents is 1. The molecule has 9 nitrogen and oxygen atoms in total. The van der Waals surface area contributed by atoms with E-state index < -0.39 is 6.09 Å². The summed E-state index contributed by atoms with van der Waals surface area (Å²) in [6.45, 7) is 3.88. The van der Waals surface area contributed by atoms with E-state index in [1.807, 2.05) is 66.7 Å². The fraction of sp³-hybridized carbons (Fsp3) is 0.273. The maximum atomic E-state index is 12.6. The molecule has 0 saturated carbocycles. The Morgan fingerprint density at radius 1 is 0.881 bits per heavy atom. The van der Waals surface area contributed by atoms with Crippen LogP contribution in [0, 0.1) is 0 Å². The first-order valence-corrected chi connectivity index (χ1v) is 14.2. The Morgan fingerprint density at radius 2 is 1.62 bits per heavy atom. The summed E-state index contributed by atoms with van der Waals surface area (Å²) in [5, 5.41) is 18.5. The Balaban J connectivity index is 0.982. The number of benzene rings is 3. The molecule has 0 radical (unpaired) electrons. The maximum Gasteiger partial charge on any atom is 0.411 e. The Morgan fingerprint density at radius 3 is 2.40 bits per heavy atom. The van der Waals surface area contributed by atoms with Crippen LogP contribution in [0.5, 0.6) is 5.75 Å². The molecular weight excluding hydrogens is 532 g/mol. The molecule has 2 heterocycles. The third-order valence-corrected chi connectivity index (χ3v) is 7.22. The zero-order valence-electron chi connectivity index (χ0n) is 23.4. The van der Waals surface area contributed by atoms with Gasteiger partial charge in [0.25, 0.3) is 5.91 Å². The molecule has 0 spiro atoms. The quantitative estimate of drug-likeness (QED) is 0.192. The Hall–Kier alpha value is -4.60. The largest absolute Gasteiger partial charge is 0.508 e. The molecule has 0 bridgehead atoms. The number of carbonyl (C=O) groups is 2. The van der Waals surface area contributed by atoms with Gasteiger partial charge in [0.1, 0.15) is 17.6 Å². The van der Waals surface area contributed by atoms with Crippen molar-refractivity contribution < 1.29 is 23.8 Å². The molecule has 218 valence electrons. The number of furan rings is 1. The van der Waals surface area contributed by atoms with Crippen LogP contribution in [0.25, 0.3) is 11.1 Å². The smallest absolute Gasteiger partial charge is 0.411 e. The molecule has 1 saturated heterocycles. The number of para-hydroxylation sites is 1. The topological polar surface area (TPSA) is 116 Å². The summed E-state index contributed by atoms with van der Waals surface area (Å²) in [6.07, 6.45) is 0.877. The van der Waals surface area contributed by atoms with Gasteiger partial charge in [0.15, 0.2) is 5.76 Å². The Labute approximate surface area is 245 Å². The summed E-state index contributed by atoms with van der Waals surface area (Å²) in [5.41, 5.74) is 3.73. The number of rotatable bonds is 11. The van der Waals surface area contributed by atoms with Gasteiger partial charge in [0, 0.05) is 38.3 Å². The lowest BCUT2D eigenvalue weighted by molar-refractivity contribution is 0.0586. The van der Waals surface area contributed by atoms with Crippen molar-refractivity contribution in [2.24, 2.45) is 0 Å². The van der Waals surface area contributed by atoms with Gasteiger partial charge in [-0.25, -0.2) is 4.79 Å². The predicted molar refractivity (Wildman–Crippen MR) is 161 cm³/mol. The van der Waals surface area contributed by atoms with E-state index in [-0.39, 0.29) is 23.5 Å². The number of aromatic hydroxyl groups is 1. The molecular formula is C33H36N4O5. The van der Waals surface area contributed by atoms with Crippen LogP contribution in [0.4, 0.5) is 10.5 Å². The lowest BCUT2D eigenvalue weighted by atomic mass is 10.0. The Bertz CT molecular complexity index is 1450. The van der Waals surface area contributed by atoms with E-state index in [4.69, 9.17) is 9.15 Å². The molecule has 1 aliphatic rings. The first-order valence-electron chi connectivity index (χ1n) is 14.2. The second-order valence-corrected chi connectivity index (χ2v) is 10.3. The van der Waals surface area contributed by atoms with E-state index in [1.54, 1.807) is 24.3 Å². The standard InChI is InChI=1S/C33H36N4O5/c38-26-12-10-24(11-13-26)22-34-23-28-14-15-31(41-28)32(39)35-18-21-37-19-16-27(17-20-37)42-33(40)36-30-9-5-4-8-29(30)25-6-2-1-3-7-25/h1-15,27,34,38H,16-23H2,(H,35,39)(H,36,40). The van der Waals surface area contributed by atoms with Crippen LogP contribution in [0.2, 0.25) is 0 Å². The third-order valence-electron chi connectivity index (χ3n) is 7.22. The summed E-state index contributed by atoms with van der Waals surface area (Å²) in [6, 6.07) is 28.1. The van der Waals surface area contributed by atoms with E-state index in [0.29, 0.717) is 31.9 Å². The monoisotopic (exact) mass is 568 g/mol. The number of hydrogen-bond acceptors (Lipinski definition) is 7. The summed E-state index contributed by atoms with van der Waals surface area (Å²) >= 11 is 0. The number of anilines is 1. The highest BCUT2D eigenvalue weighted by Crippen LogP contribution is 2.28. The predicted octanol–water partition coefficient (Wildman–Crippen LogP) is 5.38. The second kappa shape index (κ2) is 14.3. The number of phenols is 1. The van der Waals surface area contributed by atoms with Crippen LogP contribution in [0.3, 0.4) is 0 Å². The molecule has 4 N–H and O–H groups in total. The van der Waals surface area contributed by atoms with Gasteiger partial charge in [0.05, 0.1) is 12.2 Å². The van der Waals surface area contributed by atoms with Crippen molar-refractivity contribution in [2.75, 3.05) is 31.5 Å². The van der Waals surface area contributed by atoms with Gasteiger partial charge in [-0.3, -0.25) is 10.1 Å². The van der Waals surface area contributed by atoms with Gasteiger partial charge in [-0.05, 0) is 54.3 Å². The second-order valence-electron chi connectivity index (χ2n) is 10.3. The molecule has 1 aliphatic heterocycles. The number of hydrogen-bond donors (Lipinski definition) is 4. The van der Waals surface area contributed by atoms with Gasteiger partial charge < -0.3 is 29.8 Å². The molecule has 0 atom stereocenters. The minimum atomic E-state index is -0.447. The van der Waals surface area contributed by atoms with Crippen molar-refractivity contribution in [3.05, 3.63) is 108 Å². The zero-order chi connectivity index (χ0) is 29.1. The normalized spacial score (nSPS) is 13.9. The highest BCUT2D eigenvalue weighted by Gasteiger charge is 2.23. The fourth-order valence-electron chi connectivity index (χ4n) is 4.96. The first-order chi connectivity index (χ1) is 20.5. The molecule has 1 aromatic heterocycles. The molecule has 0 aliphatic carbocycles. The van der Waals surface area contributed by atoms with Crippen LogP contribution in [-0.4, -0.2) is 54.3 Å². The van der Waals surface area contributed by atoms with Crippen LogP contribution < -0.4 is 16.0 Å². The van der Waals surface area contributed by atoms with Gasteiger partial charge in [-0.15, -0.1) is 0 Å². The van der Waals surface area contributed by atoms with Crippen molar-refractivity contribution in [1.82, 2.24) is 15.5 Å². The van der Waals surface area contributed by atoms with Crippen molar-refractivity contribution in [3.63, 3.8) is 0 Å². The van der Waals surface area contributed by atoms with Crippen molar-refractivity contribution in [3.8, 4) is 16.9 Å². The number of likely N-dealkylation sites (tertiary alicyclic amines) is 1. The summed E-state index contributed by atoms with van der Waals surface area (Å²) in [4.78, 5) is 27.4. The zero-order valence-corrected chi connectivity index (χ0v) is 23.4. The van der Waals surface area contributed by atoms with Gasteiger partial charge in [0.2, 0.25) is 0 Å². The van der Waals surface area contributed by atoms with Crippen molar-refractivity contribution in [2.45, 2.75) is 32.0 Å². The molecule has 3 aromatic carbocycles. The number of piperidine rings is 1. The lowest BCUT2D eigenvalue weighted by Gasteiger charge is -2.31. The number of amides is 2.